The first-order chi connectivity index (χ1) is 9.81. The molecule has 0 atom stereocenters. The van der Waals surface area contributed by atoms with Crippen LogP contribution >= 0.6 is 22.9 Å². The monoisotopic (exact) mass is 306 g/mol. The van der Waals surface area contributed by atoms with Crippen molar-refractivity contribution in [2.75, 3.05) is 24.5 Å². The van der Waals surface area contributed by atoms with Crippen molar-refractivity contribution in [1.82, 2.24) is 14.9 Å². The summed E-state index contributed by atoms with van der Waals surface area (Å²) in [6.07, 6.45) is 4.42. The molecule has 2 aliphatic heterocycles. The van der Waals surface area contributed by atoms with Gasteiger partial charge in [-0.3, -0.25) is 4.90 Å². The van der Waals surface area contributed by atoms with Gasteiger partial charge in [-0.05, 0) is 23.4 Å². The molecule has 4 rings (SSSR count). The summed E-state index contributed by atoms with van der Waals surface area (Å²) in [5.41, 5.74) is 1.51. The second-order valence-electron chi connectivity index (χ2n) is 5.34. The fourth-order valence-electron chi connectivity index (χ4n) is 2.98. The molecule has 0 amide bonds. The van der Waals surface area contributed by atoms with Crippen LogP contribution in [0.15, 0.2) is 24.0 Å². The molecule has 0 unspecified atom stereocenters. The van der Waals surface area contributed by atoms with Gasteiger partial charge in [0, 0.05) is 37.1 Å². The molecule has 6 heteroatoms. The molecule has 0 N–H and O–H groups in total. The van der Waals surface area contributed by atoms with Crippen LogP contribution in [0.2, 0.25) is 5.02 Å². The molecule has 2 aromatic rings. The highest BCUT2D eigenvalue weighted by Crippen LogP contribution is 2.31. The molecule has 1 saturated heterocycles. The largest absolute Gasteiger partial charge is 0.352 e. The third-order valence-corrected chi connectivity index (χ3v) is 5.45. The van der Waals surface area contributed by atoms with Crippen LogP contribution in [0.1, 0.15) is 10.4 Å². The molecule has 4 nitrogen and oxygen atoms in total. The molecule has 0 saturated carbocycles. The lowest BCUT2D eigenvalue weighted by atomic mass is 10.0. The fourth-order valence-corrected chi connectivity index (χ4v) is 4.09. The van der Waals surface area contributed by atoms with Crippen molar-refractivity contribution in [1.29, 1.82) is 0 Å². The van der Waals surface area contributed by atoms with Crippen LogP contribution < -0.4 is 4.90 Å². The summed E-state index contributed by atoms with van der Waals surface area (Å²) < 4.78 is 0. The Kier molecular flexibility index (Phi) is 3.13. The molecule has 1 fully saturated rings. The van der Waals surface area contributed by atoms with Gasteiger partial charge in [0.1, 0.15) is 11.3 Å². The van der Waals surface area contributed by atoms with Gasteiger partial charge in [-0.1, -0.05) is 11.6 Å². The highest BCUT2D eigenvalue weighted by atomic mass is 35.5. The zero-order chi connectivity index (χ0) is 13.5. The van der Waals surface area contributed by atoms with E-state index in [9.17, 15) is 0 Å². The lowest BCUT2D eigenvalue weighted by Crippen LogP contribution is -2.60. The van der Waals surface area contributed by atoms with Crippen LogP contribution in [0.5, 0.6) is 0 Å². The lowest BCUT2D eigenvalue weighted by molar-refractivity contribution is 0.151. The Morgan fingerprint density at radius 1 is 1.35 bits per heavy atom. The third-order valence-electron chi connectivity index (χ3n) is 4.16. The highest BCUT2D eigenvalue weighted by Gasteiger charge is 2.35. The van der Waals surface area contributed by atoms with Crippen LogP contribution in [0.4, 0.5) is 5.82 Å². The van der Waals surface area contributed by atoms with E-state index in [-0.39, 0.29) is 0 Å². The van der Waals surface area contributed by atoms with Crippen LogP contribution in [-0.2, 0) is 13.0 Å². The molecule has 0 aromatic carbocycles. The first-order valence-corrected chi connectivity index (χ1v) is 8.07. The zero-order valence-corrected chi connectivity index (χ0v) is 12.6. The van der Waals surface area contributed by atoms with E-state index in [0.29, 0.717) is 11.1 Å². The molecule has 104 valence electrons. The number of fused-ring (bicyclic) bond motifs is 1. The summed E-state index contributed by atoms with van der Waals surface area (Å²) in [6.45, 7) is 4.28. The maximum atomic E-state index is 6.14. The molecular weight excluding hydrogens is 292 g/mol. The zero-order valence-electron chi connectivity index (χ0n) is 11.0. The molecule has 2 aliphatic rings. The molecule has 0 radical (unpaired) electrons. The average molecular weight is 307 g/mol. The molecule has 2 aromatic heterocycles. The van der Waals surface area contributed by atoms with Gasteiger partial charge in [0.15, 0.2) is 5.82 Å². The average Bonchev–Trinajstić information content (AvgIpc) is 2.87. The number of rotatable bonds is 2. The van der Waals surface area contributed by atoms with Gasteiger partial charge >= 0.3 is 0 Å². The van der Waals surface area contributed by atoms with Crippen LogP contribution in [-0.4, -0.2) is 40.5 Å². The molecular formula is C14H15ClN4S. The third kappa shape index (κ3) is 2.10. The quantitative estimate of drug-likeness (QED) is 0.853. The number of hydrogen-bond donors (Lipinski definition) is 0. The predicted molar refractivity (Wildman–Crippen MR) is 81.5 cm³/mol. The van der Waals surface area contributed by atoms with Gasteiger partial charge in [0.25, 0.3) is 0 Å². The summed E-state index contributed by atoms with van der Waals surface area (Å²) in [6, 6.07) is 2.89. The van der Waals surface area contributed by atoms with Gasteiger partial charge < -0.3 is 4.90 Å². The molecule has 4 heterocycles. The molecule has 0 bridgehead atoms. The number of thiophene rings is 1. The van der Waals surface area contributed by atoms with E-state index in [1.165, 1.54) is 18.5 Å². The summed E-state index contributed by atoms with van der Waals surface area (Å²) in [5, 5.41) is 2.85. The Morgan fingerprint density at radius 3 is 3.10 bits per heavy atom. The second kappa shape index (κ2) is 4.98. The van der Waals surface area contributed by atoms with Gasteiger partial charge in [-0.15, -0.1) is 11.3 Å². The minimum Gasteiger partial charge on any atom is -0.352 e. The van der Waals surface area contributed by atoms with Crippen LogP contribution in [0, 0.1) is 0 Å². The number of hydrogen-bond acceptors (Lipinski definition) is 5. The first kappa shape index (κ1) is 12.6. The van der Waals surface area contributed by atoms with E-state index in [2.05, 4.69) is 31.2 Å². The molecule has 0 aliphatic carbocycles. The van der Waals surface area contributed by atoms with Crippen molar-refractivity contribution in [2.24, 2.45) is 0 Å². The molecule has 20 heavy (non-hydrogen) atoms. The highest BCUT2D eigenvalue weighted by molar-refractivity contribution is 7.10. The Morgan fingerprint density at radius 2 is 2.25 bits per heavy atom. The van der Waals surface area contributed by atoms with E-state index < -0.39 is 0 Å². The van der Waals surface area contributed by atoms with Crippen LogP contribution in [0.25, 0.3) is 0 Å². The number of nitrogens with zero attached hydrogens (tertiary/aromatic N) is 4. The first-order valence-electron chi connectivity index (χ1n) is 6.81. The van der Waals surface area contributed by atoms with E-state index in [1.807, 2.05) is 11.3 Å². The summed E-state index contributed by atoms with van der Waals surface area (Å²) >= 11 is 8.03. The normalized spacial score (nSPS) is 19.8. The van der Waals surface area contributed by atoms with Gasteiger partial charge in [0.2, 0.25) is 0 Å². The predicted octanol–water partition coefficient (Wildman–Crippen LogP) is 2.44. The lowest BCUT2D eigenvalue weighted by Gasteiger charge is -2.47. The number of aromatic nitrogens is 2. The maximum absolute atomic E-state index is 6.14. The van der Waals surface area contributed by atoms with Crippen LogP contribution in [0.3, 0.4) is 0 Å². The fraction of sp³-hybridized carbons (Fsp3) is 0.429. The van der Waals surface area contributed by atoms with Crippen molar-refractivity contribution in [3.8, 4) is 0 Å². The SMILES string of the molecule is Clc1cncnc1N1CC(N2CCc3sccc3C2)C1. The van der Waals surface area contributed by atoms with E-state index in [1.54, 1.807) is 17.4 Å². The topological polar surface area (TPSA) is 32.3 Å². The Balaban J connectivity index is 1.41. The number of anilines is 1. The van der Waals surface area contributed by atoms with Crippen molar-refractivity contribution in [3.05, 3.63) is 39.4 Å². The second-order valence-corrected chi connectivity index (χ2v) is 6.75. The Bertz CT molecular complexity index is 623. The summed E-state index contributed by atoms with van der Waals surface area (Å²) in [4.78, 5) is 14.6. The standard InChI is InChI=1S/C14H15ClN4S/c15-12-5-16-9-17-14(12)19-7-11(8-19)18-3-1-13-10(6-18)2-4-20-13/h2,4-5,9,11H,1,3,6-8H2. The molecule has 0 spiro atoms. The maximum Gasteiger partial charge on any atom is 0.150 e. The van der Waals surface area contributed by atoms with E-state index in [0.717, 1.165) is 25.5 Å². The van der Waals surface area contributed by atoms with Crippen molar-refractivity contribution in [3.63, 3.8) is 0 Å². The summed E-state index contributed by atoms with van der Waals surface area (Å²) in [7, 11) is 0. The minimum absolute atomic E-state index is 0.620. The van der Waals surface area contributed by atoms with Gasteiger partial charge in [-0.2, -0.15) is 0 Å². The smallest absolute Gasteiger partial charge is 0.150 e. The minimum atomic E-state index is 0.620. The Hall–Kier alpha value is -1.17. The van der Waals surface area contributed by atoms with Crippen molar-refractivity contribution < 1.29 is 0 Å². The van der Waals surface area contributed by atoms with Crippen molar-refractivity contribution in [2.45, 2.75) is 19.0 Å². The summed E-state index contributed by atoms with van der Waals surface area (Å²) in [5.74, 6) is 0.867. The van der Waals surface area contributed by atoms with Gasteiger partial charge in [-0.25, -0.2) is 9.97 Å². The van der Waals surface area contributed by atoms with Crippen molar-refractivity contribution >= 4 is 28.8 Å². The van der Waals surface area contributed by atoms with Gasteiger partial charge in [0.05, 0.1) is 6.20 Å². The van der Waals surface area contributed by atoms with E-state index >= 15 is 0 Å². The number of halogens is 1. The Labute approximate surface area is 127 Å². The van der Waals surface area contributed by atoms with E-state index in [4.69, 9.17) is 11.6 Å².